The van der Waals surface area contributed by atoms with Crippen molar-refractivity contribution < 1.29 is 28.9 Å². The minimum absolute atomic E-state index is 0.0253. The minimum atomic E-state index is -1.20. The van der Waals surface area contributed by atoms with Crippen LogP contribution in [-0.4, -0.2) is 72.2 Å². The number of hydrogen-bond donors (Lipinski definition) is 3. The molecule has 2 aliphatic heterocycles. The fraction of sp³-hybridized carbons (Fsp3) is 0.364. The summed E-state index contributed by atoms with van der Waals surface area (Å²) < 4.78 is 1.85. The van der Waals surface area contributed by atoms with E-state index in [9.17, 15) is 19.5 Å². The molecule has 36 heavy (non-hydrogen) atoms. The Kier molecular flexibility index (Phi) is 7.15. The van der Waals surface area contributed by atoms with Gasteiger partial charge in [0, 0.05) is 29.3 Å². The van der Waals surface area contributed by atoms with Crippen molar-refractivity contribution in [1.29, 1.82) is 0 Å². The third-order valence-electron chi connectivity index (χ3n) is 5.41. The van der Waals surface area contributed by atoms with Gasteiger partial charge < -0.3 is 21.0 Å². The van der Waals surface area contributed by atoms with Crippen LogP contribution in [0.15, 0.2) is 41.2 Å². The van der Waals surface area contributed by atoms with E-state index < -0.39 is 29.2 Å². The molecule has 0 aliphatic carbocycles. The summed E-state index contributed by atoms with van der Waals surface area (Å²) in [6.07, 6.45) is 6.28. The molecule has 2 aromatic rings. The van der Waals surface area contributed by atoms with Gasteiger partial charge in [0.1, 0.15) is 35.1 Å². The number of hydrogen-bond acceptors (Lipinski definition) is 10. The van der Waals surface area contributed by atoms with Gasteiger partial charge in [0.15, 0.2) is 24.7 Å². The van der Waals surface area contributed by atoms with Gasteiger partial charge in [-0.05, 0) is 20.8 Å². The number of β-lactam (4-membered cyclic amide) rings is 1. The predicted octanol–water partition coefficient (Wildman–Crippen LogP) is -0.462. The number of fused-ring (bicyclic) bond motifs is 1. The zero-order chi connectivity index (χ0) is 26.0. The van der Waals surface area contributed by atoms with E-state index >= 15 is 0 Å². The number of aryl methyl sites for hydroxylation is 2. The van der Waals surface area contributed by atoms with Crippen LogP contribution in [0.3, 0.4) is 0 Å². The van der Waals surface area contributed by atoms with Gasteiger partial charge in [0.25, 0.3) is 11.8 Å². The molecular formula is C22H25N8O5S+. The van der Waals surface area contributed by atoms with Gasteiger partial charge in [-0.1, -0.05) is 5.16 Å². The largest absolute Gasteiger partial charge is 0.477 e. The first-order chi connectivity index (χ1) is 17.2. The molecule has 2 aliphatic rings. The molecule has 1 fully saturated rings. The number of carboxylic acids is 1. The van der Waals surface area contributed by atoms with Crippen LogP contribution >= 0.6 is 11.8 Å². The van der Waals surface area contributed by atoms with Crippen molar-refractivity contribution in [3.05, 3.63) is 53.0 Å². The molecule has 14 heteroatoms. The molecule has 0 saturated carbocycles. The molecule has 0 spiro atoms. The third-order valence-corrected chi connectivity index (χ3v) is 6.75. The molecule has 4 heterocycles. The normalized spacial score (nSPS) is 19.5. The Morgan fingerprint density at radius 3 is 2.58 bits per heavy atom. The average molecular weight is 514 g/mol. The number of nitrogens with zero attached hydrogens (tertiary/aromatic N) is 6. The summed E-state index contributed by atoms with van der Waals surface area (Å²) in [6.45, 7) is 5.93. The molecule has 1 unspecified atom stereocenters. The van der Waals surface area contributed by atoms with Crippen LogP contribution in [0.2, 0.25) is 0 Å². The van der Waals surface area contributed by atoms with Crippen molar-refractivity contribution in [1.82, 2.24) is 25.2 Å². The molecule has 0 radical (unpaired) electrons. The lowest BCUT2D eigenvalue weighted by atomic mass is 10.0. The molecule has 2 atom stereocenters. The van der Waals surface area contributed by atoms with Gasteiger partial charge in [-0.15, -0.1) is 11.8 Å². The number of oxime groups is 1. The SMILES string of the molecule is CCON=C(C(=O)NC1C(=O)N2C(C(=O)O)=C(C[n+]3cc(C)nc(C)c3)CS[C@@H]12)c1cnc(N)nc1. The van der Waals surface area contributed by atoms with E-state index in [1.165, 1.54) is 29.1 Å². The fourth-order valence-electron chi connectivity index (χ4n) is 3.99. The van der Waals surface area contributed by atoms with Crippen LogP contribution in [0.4, 0.5) is 5.95 Å². The maximum atomic E-state index is 13.0. The van der Waals surface area contributed by atoms with E-state index in [2.05, 4.69) is 25.4 Å². The molecule has 13 nitrogen and oxygen atoms in total. The van der Waals surface area contributed by atoms with E-state index in [0.717, 1.165) is 11.4 Å². The Hall–Kier alpha value is -4.07. The highest BCUT2D eigenvalue weighted by Crippen LogP contribution is 2.40. The average Bonchev–Trinajstić information content (AvgIpc) is 2.82. The number of carboxylic acid groups (broad SMARTS) is 1. The zero-order valence-corrected chi connectivity index (χ0v) is 20.7. The Balaban J connectivity index is 1.55. The van der Waals surface area contributed by atoms with E-state index in [1.54, 1.807) is 6.92 Å². The van der Waals surface area contributed by atoms with Crippen LogP contribution in [0.25, 0.3) is 0 Å². The van der Waals surface area contributed by atoms with Crippen molar-refractivity contribution in [2.45, 2.75) is 38.7 Å². The van der Waals surface area contributed by atoms with E-state index in [1.807, 2.05) is 30.8 Å². The first-order valence-corrected chi connectivity index (χ1v) is 12.1. The Labute approximate surface area is 210 Å². The van der Waals surface area contributed by atoms with Gasteiger partial charge in [-0.25, -0.2) is 19.7 Å². The number of nitrogen functional groups attached to an aromatic ring is 1. The standard InChI is InChI=1S/C22H24N8O5S/c1-4-35-28-15(13-5-24-22(23)25-6-13)18(31)27-16-19(32)30-17(21(33)34)14(10-36-20(16)30)9-29-7-11(2)26-12(3)8-29/h5-8,16,20H,4,9-10H2,1-3H3,(H3-,23,24,25,27,28,31,33,34)/p+1/t16?,20-/m0/s1. The minimum Gasteiger partial charge on any atom is -0.477 e. The lowest BCUT2D eigenvalue weighted by Gasteiger charge is -2.49. The molecular weight excluding hydrogens is 488 g/mol. The summed E-state index contributed by atoms with van der Waals surface area (Å²) in [4.78, 5) is 56.6. The molecule has 0 aromatic carbocycles. The van der Waals surface area contributed by atoms with Crippen molar-refractivity contribution in [3.63, 3.8) is 0 Å². The van der Waals surface area contributed by atoms with E-state index in [-0.39, 0.29) is 29.5 Å². The molecule has 188 valence electrons. The number of nitrogens with two attached hydrogens (primary N) is 1. The monoisotopic (exact) mass is 513 g/mol. The zero-order valence-electron chi connectivity index (χ0n) is 19.8. The molecule has 0 bridgehead atoms. The summed E-state index contributed by atoms with van der Waals surface area (Å²) in [5.74, 6) is -2.00. The highest BCUT2D eigenvalue weighted by atomic mass is 32.2. The first kappa shape index (κ1) is 25.0. The number of aromatic nitrogens is 4. The van der Waals surface area contributed by atoms with Crippen molar-refractivity contribution in [2.24, 2.45) is 5.16 Å². The van der Waals surface area contributed by atoms with Gasteiger partial charge in [-0.2, -0.15) is 4.57 Å². The topological polar surface area (TPSA) is 177 Å². The Morgan fingerprint density at radius 2 is 1.97 bits per heavy atom. The molecule has 1 saturated heterocycles. The number of thioether (sulfide) groups is 1. The molecule has 2 aromatic heterocycles. The van der Waals surface area contributed by atoms with Gasteiger partial charge in [0.2, 0.25) is 5.95 Å². The summed E-state index contributed by atoms with van der Waals surface area (Å²) in [5.41, 5.74) is 7.76. The van der Waals surface area contributed by atoms with Crippen LogP contribution < -0.4 is 15.6 Å². The van der Waals surface area contributed by atoms with Crippen molar-refractivity contribution in [3.8, 4) is 0 Å². The highest BCUT2D eigenvalue weighted by molar-refractivity contribution is 8.00. The van der Waals surface area contributed by atoms with Gasteiger partial charge >= 0.3 is 5.97 Å². The second kappa shape index (κ2) is 10.3. The molecule has 4 rings (SSSR count). The van der Waals surface area contributed by atoms with Crippen molar-refractivity contribution >= 4 is 41.2 Å². The fourth-order valence-corrected chi connectivity index (χ4v) is 5.33. The molecule has 2 amide bonds. The van der Waals surface area contributed by atoms with Crippen LogP contribution in [0, 0.1) is 13.8 Å². The van der Waals surface area contributed by atoms with Crippen LogP contribution in [-0.2, 0) is 25.8 Å². The predicted molar refractivity (Wildman–Crippen MR) is 128 cm³/mol. The Morgan fingerprint density at radius 1 is 1.31 bits per heavy atom. The maximum absolute atomic E-state index is 13.0. The van der Waals surface area contributed by atoms with Gasteiger partial charge in [0.05, 0.1) is 0 Å². The second-order valence-electron chi connectivity index (χ2n) is 8.13. The second-order valence-corrected chi connectivity index (χ2v) is 9.24. The maximum Gasteiger partial charge on any atom is 0.352 e. The number of amides is 2. The Bertz CT molecular complexity index is 1260. The molecule has 4 N–H and O–H groups in total. The number of aliphatic carboxylic acids is 1. The summed E-state index contributed by atoms with van der Waals surface area (Å²) in [5, 5.41) is 15.8. The lowest BCUT2D eigenvalue weighted by molar-refractivity contribution is -0.690. The first-order valence-electron chi connectivity index (χ1n) is 11.0. The number of anilines is 1. The summed E-state index contributed by atoms with van der Waals surface area (Å²) in [6, 6.07) is -0.932. The lowest BCUT2D eigenvalue weighted by Crippen LogP contribution is -2.71. The smallest absolute Gasteiger partial charge is 0.352 e. The van der Waals surface area contributed by atoms with E-state index in [0.29, 0.717) is 17.9 Å². The van der Waals surface area contributed by atoms with Crippen molar-refractivity contribution in [2.75, 3.05) is 18.1 Å². The number of nitrogens with one attached hydrogen (secondary N) is 1. The van der Waals surface area contributed by atoms with Crippen LogP contribution in [0.1, 0.15) is 23.9 Å². The van der Waals surface area contributed by atoms with Gasteiger partial charge in [-0.3, -0.25) is 14.5 Å². The number of rotatable bonds is 8. The number of carbonyl (C=O) groups is 3. The summed E-state index contributed by atoms with van der Waals surface area (Å²) >= 11 is 1.38. The highest BCUT2D eigenvalue weighted by Gasteiger charge is 2.54. The van der Waals surface area contributed by atoms with Crippen LogP contribution in [0.5, 0.6) is 0 Å². The quantitative estimate of drug-likeness (QED) is 0.181. The summed E-state index contributed by atoms with van der Waals surface area (Å²) in [7, 11) is 0. The third kappa shape index (κ3) is 4.98. The number of carbonyl (C=O) groups excluding carboxylic acids is 2. The van der Waals surface area contributed by atoms with E-state index in [4.69, 9.17) is 10.6 Å².